The van der Waals surface area contributed by atoms with E-state index in [1.54, 1.807) is 0 Å². The van der Waals surface area contributed by atoms with Gasteiger partial charge >= 0.3 is 5.97 Å². The molecule has 0 aliphatic carbocycles. The first-order valence-corrected chi connectivity index (χ1v) is 6.45. The fourth-order valence-corrected chi connectivity index (χ4v) is 3.43. The number of morpholine rings is 1. The molecule has 0 spiro atoms. The summed E-state index contributed by atoms with van der Waals surface area (Å²) in [5.74, 6) is -0.118. The standard InChI is InChI=1S/C13H19NO3/c1-2-3-6-13-8-11(15)17-12(13)16-9-10-5-4-7-14(10)13/h2-3,10,12H,4-9H2,1H3/b3-2+/t10-,12-,13+/m0/s1. The molecule has 3 atom stereocenters. The highest BCUT2D eigenvalue weighted by Crippen LogP contribution is 2.44. The molecule has 0 amide bonds. The summed E-state index contributed by atoms with van der Waals surface area (Å²) < 4.78 is 11.1. The molecule has 0 unspecified atom stereocenters. The molecule has 4 heteroatoms. The van der Waals surface area contributed by atoms with Gasteiger partial charge in [0.05, 0.1) is 18.6 Å². The summed E-state index contributed by atoms with van der Waals surface area (Å²) in [5, 5.41) is 0. The molecule has 3 fully saturated rings. The summed E-state index contributed by atoms with van der Waals surface area (Å²) in [5.41, 5.74) is -0.233. The summed E-state index contributed by atoms with van der Waals surface area (Å²) in [6.07, 6.45) is 7.49. The minimum absolute atomic E-state index is 0.118. The number of esters is 1. The second-order valence-electron chi connectivity index (χ2n) is 5.20. The van der Waals surface area contributed by atoms with Crippen molar-refractivity contribution in [2.75, 3.05) is 13.2 Å². The first-order chi connectivity index (χ1) is 8.26. The van der Waals surface area contributed by atoms with E-state index in [0.29, 0.717) is 19.1 Å². The van der Waals surface area contributed by atoms with Gasteiger partial charge in [0, 0.05) is 6.04 Å². The number of fused-ring (bicyclic) bond motifs is 3. The molecule has 3 aliphatic rings. The Morgan fingerprint density at radius 2 is 2.47 bits per heavy atom. The number of hydrogen-bond acceptors (Lipinski definition) is 4. The van der Waals surface area contributed by atoms with E-state index < -0.39 is 0 Å². The second-order valence-corrected chi connectivity index (χ2v) is 5.20. The lowest BCUT2D eigenvalue weighted by atomic mass is 9.87. The average molecular weight is 237 g/mol. The maximum absolute atomic E-state index is 11.6. The van der Waals surface area contributed by atoms with Crippen molar-refractivity contribution in [1.82, 2.24) is 4.90 Å². The topological polar surface area (TPSA) is 38.8 Å². The van der Waals surface area contributed by atoms with Crippen LogP contribution in [0.2, 0.25) is 0 Å². The van der Waals surface area contributed by atoms with Crippen LogP contribution >= 0.6 is 0 Å². The zero-order valence-electron chi connectivity index (χ0n) is 10.2. The molecule has 17 heavy (non-hydrogen) atoms. The molecule has 3 rings (SSSR count). The van der Waals surface area contributed by atoms with Gasteiger partial charge in [0.25, 0.3) is 0 Å². The van der Waals surface area contributed by atoms with Gasteiger partial charge < -0.3 is 9.47 Å². The molecule has 0 bridgehead atoms. The van der Waals surface area contributed by atoms with Gasteiger partial charge in [-0.05, 0) is 32.7 Å². The molecule has 3 aliphatic heterocycles. The number of hydrogen-bond donors (Lipinski definition) is 0. The third kappa shape index (κ3) is 1.62. The van der Waals surface area contributed by atoms with Crippen LogP contribution in [-0.4, -0.2) is 41.9 Å². The van der Waals surface area contributed by atoms with Crippen molar-refractivity contribution in [1.29, 1.82) is 0 Å². The number of allylic oxidation sites excluding steroid dienone is 1. The van der Waals surface area contributed by atoms with E-state index in [-0.39, 0.29) is 17.8 Å². The predicted octanol–water partition coefficient (Wildman–Crippen LogP) is 1.46. The van der Waals surface area contributed by atoms with Gasteiger partial charge in [0.2, 0.25) is 6.29 Å². The molecule has 0 aromatic heterocycles. The fraction of sp³-hybridized carbons (Fsp3) is 0.769. The lowest BCUT2D eigenvalue weighted by Crippen LogP contribution is -2.61. The number of nitrogens with zero attached hydrogens (tertiary/aromatic N) is 1. The highest BCUT2D eigenvalue weighted by Gasteiger charge is 2.58. The van der Waals surface area contributed by atoms with Gasteiger partial charge in [-0.15, -0.1) is 0 Å². The van der Waals surface area contributed by atoms with E-state index in [1.807, 2.05) is 13.0 Å². The Hall–Kier alpha value is -0.870. The third-order valence-corrected chi connectivity index (χ3v) is 4.22. The molecule has 0 saturated carbocycles. The lowest BCUT2D eigenvalue weighted by molar-refractivity contribution is -0.216. The van der Waals surface area contributed by atoms with E-state index in [0.717, 1.165) is 13.0 Å². The van der Waals surface area contributed by atoms with Crippen molar-refractivity contribution in [3.63, 3.8) is 0 Å². The quantitative estimate of drug-likeness (QED) is 0.538. The predicted molar refractivity (Wildman–Crippen MR) is 62.3 cm³/mol. The van der Waals surface area contributed by atoms with Crippen LogP contribution in [0.4, 0.5) is 0 Å². The smallest absolute Gasteiger partial charge is 0.310 e. The zero-order valence-corrected chi connectivity index (χ0v) is 10.2. The maximum Gasteiger partial charge on any atom is 0.310 e. The summed E-state index contributed by atoms with van der Waals surface area (Å²) in [6.45, 7) is 3.78. The number of carbonyl (C=O) groups is 1. The summed E-state index contributed by atoms with van der Waals surface area (Å²) in [7, 11) is 0. The third-order valence-electron chi connectivity index (χ3n) is 4.22. The van der Waals surface area contributed by atoms with Gasteiger partial charge in [-0.2, -0.15) is 0 Å². The minimum Gasteiger partial charge on any atom is -0.434 e. The summed E-state index contributed by atoms with van der Waals surface area (Å²) in [6, 6.07) is 0.478. The Balaban J connectivity index is 1.92. The van der Waals surface area contributed by atoms with Crippen molar-refractivity contribution >= 4 is 5.97 Å². The van der Waals surface area contributed by atoms with Gasteiger partial charge in [-0.1, -0.05) is 12.2 Å². The normalized spacial score (nSPS) is 41.6. The Kier molecular flexibility index (Phi) is 2.71. The molecular weight excluding hydrogens is 218 g/mol. The van der Waals surface area contributed by atoms with Crippen molar-refractivity contribution < 1.29 is 14.3 Å². The van der Waals surface area contributed by atoms with Crippen LogP contribution in [-0.2, 0) is 14.3 Å². The van der Waals surface area contributed by atoms with Gasteiger partial charge in [-0.3, -0.25) is 9.69 Å². The molecule has 3 heterocycles. The molecule has 0 aromatic rings. The second kappa shape index (κ2) is 4.10. The SMILES string of the molecule is C/C=C/C[C@@]12CC(=O)O[C@@H]1OC[C@@H]1CCCN12. The van der Waals surface area contributed by atoms with Crippen molar-refractivity contribution in [3.05, 3.63) is 12.2 Å². The lowest BCUT2D eigenvalue weighted by Gasteiger charge is -2.47. The first kappa shape index (κ1) is 11.2. The van der Waals surface area contributed by atoms with Crippen LogP contribution in [0.25, 0.3) is 0 Å². The van der Waals surface area contributed by atoms with E-state index >= 15 is 0 Å². The van der Waals surface area contributed by atoms with Crippen LogP contribution in [0.1, 0.15) is 32.6 Å². The van der Waals surface area contributed by atoms with E-state index in [9.17, 15) is 4.79 Å². The van der Waals surface area contributed by atoms with Crippen LogP contribution < -0.4 is 0 Å². The zero-order chi connectivity index (χ0) is 11.9. The highest BCUT2D eigenvalue weighted by molar-refractivity contribution is 5.74. The summed E-state index contributed by atoms with van der Waals surface area (Å²) in [4.78, 5) is 14.1. The van der Waals surface area contributed by atoms with Crippen LogP contribution in [0.3, 0.4) is 0 Å². The first-order valence-electron chi connectivity index (χ1n) is 6.45. The number of carbonyl (C=O) groups excluding carboxylic acids is 1. The van der Waals surface area contributed by atoms with Gasteiger partial charge in [0.15, 0.2) is 0 Å². The van der Waals surface area contributed by atoms with Crippen molar-refractivity contribution in [3.8, 4) is 0 Å². The van der Waals surface area contributed by atoms with Crippen molar-refractivity contribution in [2.45, 2.75) is 50.5 Å². The van der Waals surface area contributed by atoms with Gasteiger partial charge in [-0.25, -0.2) is 0 Å². The largest absolute Gasteiger partial charge is 0.434 e. The molecule has 0 aromatic carbocycles. The molecule has 4 nitrogen and oxygen atoms in total. The van der Waals surface area contributed by atoms with E-state index in [4.69, 9.17) is 9.47 Å². The van der Waals surface area contributed by atoms with Crippen LogP contribution in [0.5, 0.6) is 0 Å². The Bertz CT molecular complexity index is 355. The summed E-state index contributed by atoms with van der Waals surface area (Å²) >= 11 is 0. The van der Waals surface area contributed by atoms with E-state index in [1.165, 1.54) is 12.8 Å². The van der Waals surface area contributed by atoms with Crippen molar-refractivity contribution in [2.24, 2.45) is 0 Å². The minimum atomic E-state index is -0.361. The molecule has 3 saturated heterocycles. The molecule has 0 N–H and O–H groups in total. The number of rotatable bonds is 2. The molecule has 94 valence electrons. The van der Waals surface area contributed by atoms with Crippen LogP contribution in [0.15, 0.2) is 12.2 Å². The molecule has 0 radical (unpaired) electrons. The highest BCUT2D eigenvalue weighted by atomic mass is 16.7. The van der Waals surface area contributed by atoms with Crippen LogP contribution in [0, 0.1) is 0 Å². The Morgan fingerprint density at radius 1 is 1.59 bits per heavy atom. The average Bonchev–Trinajstić information content (AvgIpc) is 2.89. The Morgan fingerprint density at radius 3 is 3.29 bits per heavy atom. The fourth-order valence-electron chi connectivity index (χ4n) is 3.43. The monoisotopic (exact) mass is 237 g/mol. The Labute approximate surface area is 102 Å². The molecular formula is C13H19NO3. The maximum atomic E-state index is 11.6. The number of ether oxygens (including phenoxy) is 2. The van der Waals surface area contributed by atoms with E-state index in [2.05, 4.69) is 11.0 Å². The van der Waals surface area contributed by atoms with Gasteiger partial charge in [0.1, 0.15) is 0 Å².